The maximum absolute atomic E-state index is 8.60. The van der Waals surface area contributed by atoms with Crippen LogP contribution in [0.15, 0.2) is 25.6 Å². The molecule has 0 radical (unpaired) electrons. The van der Waals surface area contributed by atoms with Crippen LogP contribution in [-0.4, -0.2) is 17.4 Å². The summed E-state index contributed by atoms with van der Waals surface area (Å²) in [6, 6.07) is 3.48. The third-order valence-electron chi connectivity index (χ3n) is 1.19. The molecule has 0 amide bonds. The second kappa shape index (κ2) is 4.79. The third kappa shape index (κ3) is 3.25. The van der Waals surface area contributed by atoms with Crippen LogP contribution in [0.2, 0.25) is 0 Å². The molecule has 2 N–H and O–H groups in total. The Hall–Kier alpha value is 0.445. The largest absolute Gasteiger partial charge is 0.707 e. The van der Waals surface area contributed by atoms with Gasteiger partial charge in [-0.3, -0.25) is 0 Å². The van der Waals surface area contributed by atoms with Gasteiger partial charge < -0.3 is 14.7 Å². The topological polar surface area (TPSA) is 49.7 Å². The first-order valence-electron chi connectivity index (χ1n) is 3.18. The first kappa shape index (κ1) is 11.5. The van der Waals surface area contributed by atoms with E-state index in [1.807, 2.05) is 0 Å². The SMILES string of the molecule is OB(O)Oc1c(Br)cc(Br)cc1Br. The van der Waals surface area contributed by atoms with Crippen LogP contribution in [0, 0.1) is 0 Å². The zero-order valence-corrected chi connectivity index (χ0v) is 10.9. The minimum absolute atomic E-state index is 0.346. The number of rotatable bonds is 2. The molecular weight excluding hydrogens is 371 g/mol. The summed E-state index contributed by atoms with van der Waals surface area (Å²) in [6.07, 6.45) is 0. The molecule has 7 heteroatoms. The Morgan fingerprint density at radius 1 is 1.08 bits per heavy atom. The molecule has 0 aliphatic rings. The predicted octanol–water partition coefficient (Wildman–Crippen LogP) is 2.32. The van der Waals surface area contributed by atoms with E-state index in [9.17, 15) is 0 Å². The molecule has 1 aromatic rings. The zero-order chi connectivity index (χ0) is 10.0. The Bertz CT molecular complexity index is 295. The van der Waals surface area contributed by atoms with Crippen molar-refractivity contribution in [2.75, 3.05) is 0 Å². The van der Waals surface area contributed by atoms with Gasteiger partial charge in [-0.2, -0.15) is 0 Å². The first-order valence-corrected chi connectivity index (χ1v) is 5.56. The summed E-state index contributed by atoms with van der Waals surface area (Å²) < 4.78 is 6.83. The number of benzene rings is 1. The highest BCUT2D eigenvalue weighted by molar-refractivity contribution is 9.11. The molecule has 0 spiro atoms. The molecular formula is C6H4BBr3O3. The summed E-state index contributed by atoms with van der Waals surface area (Å²) in [6.45, 7) is 0. The van der Waals surface area contributed by atoms with Gasteiger partial charge in [-0.05, 0) is 44.0 Å². The van der Waals surface area contributed by atoms with Gasteiger partial charge in [0.1, 0.15) is 5.75 Å². The van der Waals surface area contributed by atoms with Crippen LogP contribution in [-0.2, 0) is 0 Å². The van der Waals surface area contributed by atoms with Gasteiger partial charge in [0.05, 0.1) is 8.95 Å². The quantitative estimate of drug-likeness (QED) is 0.781. The van der Waals surface area contributed by atoms with Gasteiger partial charge in [-0.25, -0.2) is 0 Å². The van der Waals surface area contributed by atoms with E-state index in [-0.39, 0.29) is 0 Å². The smallest absolute Gasteiger partial charge is 0.510 e. The molecule has 13 heavy (non-hydrogen) atoms. The van der Waals surface area contributed by atoms with Gasteiger partial charge in [-0.1, -0.05) is 15.9 Å². The highest BCUT2D eigenvalue weighted by Crippen LogP contribution is 2.36. The summed E-state index contributed by atoms with van der Waals surface area (Å²) in [4.78, 5) is 0. The molecule has 70 valence electrons. The lowest BCUT2D eigenvalue weighted by Gasteiger charge is -2.09. The van der Waals surface area contributed by atoms with E-state index in [4.69, 9.17) is 14.7 Å². The molecule has 1 aromatic carbocycles. The van der Waals surface area contributed by atoms with Crippen molar-refractivity contribution in [3.05, 3.63) is 25.6 Å². The summed E-state index contributed by atoms with van der Waals surface area (Å²) in [7, 11) is -1.83. The Morgan fingerprint density at radius 3 is 1.92 bits per heavy atom. The Labute approximate surface area is 101 Å². The van der Waals surface area contributed by atoms with E-state index in [1.54, 1.807) is 12.1 Å². The van der Waals surface area contributed by atoms with Gasteiger partial charge in [-0.15, -0.1) is 0 Å². The van der Waals surface area contributed by atoms with Crippen LogP contribution in [0.3, 0.4) is 0 Å². The van der Waals surface area contributed by atoms with Gasteiger partial charge >= 0.3 is 7.32 Å². The van der Waals surface area contributed by atoms with E-state index in [2.05, 4.69) is 47.8 Å². The van der Waals surface area contributed by atoms with Crippen molar-refractivity contribution in [3.8, 4) is 5.75 Å². The van der Waals surface area contributed by atoms with Crippen LogP contribution < -0.4 is 4.65 Å². The molecule has 1 rings (SSSR count). The van der Waals surface area contributed by atoms with Gasteiger partial charge in [0, 0.05) is 4.47 Å². The molecule has 0 fully saturated rings. The molecule has 0 aliphatic heterocycles. The molecule has 3 nitrogen and oxygen atoms in total. The highest BCUT2D eigenvalue weighted by atomic mass is 79.9. The summed E-state index contributed by atoms with van der Waals surface area (Å²) in [5, 5.41) is 17.2. The lowest BCUT2D eigenvalue weighted by molar-refractivity contribution is 0.286. The number of halogens is 3. The van der Waals surface area contributed by atoms with Crippen LogP contribution in [0.4, 0.5) is 0 Å². The van der Waals surface area contributed by atoms with Crippen molar-refractivity contribution in [2.24, 2.45) is 0 Å². The Morgan fingerprint density at radius 2 is 1.54 bits per heavy atom. The van der Waals surface area contributed by atoms with Crippen molar-refractivity contribution in [1.29, 1.82) is 0 Å². The van der Waals surface area contributed by atoms with E-state index < -0.39 is 7.32 Å². The van der Waals surface area contributed by atoms with E-state index in [0.717, 1.165) is 4.47 Å². The van der Waals surface area contributed by atoms with E-state index in [0.29, 0.717) is 14.7 Å². The van der Waals surface area contributed by atoms with Gasteiger partial charge in [0.15, 0.2) is 0 Å². The Kier molecular flexibility index (Phi) is 4.25. The molecule has 0 aliphatic carbocycles. The summed E-state index contributed by atoms with van der Waals surface area (Å²) in [5.74, 6) is 0.346. The molecule has 0 atom stereocenters. The first-order chi connectivity index (χ1) is 6.00. The summed E-state index contributed by atoms with van der Waals surface area (Å²) in [5.41, 5.74) is 0. The third-order valence-corrected chi connectivity index (χ3v) is 2.82. The van der Waals surface area contributed by atoms with Crippen molar-refractivity contribution >= 4 is 55.1 Å². The second-order valence-corrected chi connectivity index (χ2v) is 4.77. The number of hydrogen-bond acceptors (Lipinski definition) is 3. The predicted molar refractivity (Wildman–Crippen MR) is 60.4 cm³/mol. The van der Waals surface area contributed by atoms with Crippen LogP contribution >= 0.6 is 47.8 Å². The van der Waals surface area contributed by atoms with Crippen molar-refractivity contribution in [2.45, 2.75) is 0 Å². The minimum Gasteiger partial charge on any atom is -0.510 e. The van der Waals surface area contributed by atoms with E-state index in [1.165, 1.54) is 0 Å². The minimum atomic E-state index is -1.83. The maximum atomic E-state index is 8.60. The van der Waals surface area contributed by atoms with E-state index >= 15 is 0 Å². The van der Waals surface area contributed by atoms with Gasteiger partial charge in [0.2, 0.25) is 0 Å². The molecule has 0 heterocycles. The molecule has 0 saturated carbocycles. The number of hydrogen-bond donors (Lipinski definition) is 2. The average molecular weight is 375 g/mol. The van der Waals surface area contributed by atoms with Gasteiger partial charge in [0.25, 0.3) is 0 Å². The maximum Gasteiger partial charge on any atom is 0.707 e. The zero-order valence-electron chi connectivity index (χ0n) is 6.17. The molecule has 0 saturated heterocycles. The second-order valence-electron chi connectivity index (χ2n) is 2.14. The van der Waals surface area contributed by atoms with Crippen LogP contribution in [0.1, 0.15) is 0 Å². The van der Waals surface area contributed by atoms with Crippen LogP contribution in [0.5, 0.6) is 5.75 Å². The fourth-order valence-electron chi connectivity index (χ4n) is 0.747. The van der Waals surface area contributed by atoms with Crippen LogP contribution in [0.25, 0.3) is 0 Å². The van der Waals surface area contributed by atoms with Crippen molar-refractivity contribution in [1.82, 2.24) is 0 Å². The lowest BCUT2D eigenvalue weighted by atomic mass is 10.2. The normalized spacial score (nSPS) is 9.92. The molecule has 0 aromatic heterocycles. The standard InChI is InChI=1S/C6H4BBr3O3/c8-3-1-4(9)6(5(10)2-3)13-7(11)12/h1-2,11-12H. The van der Waals surface area contributed by atoms with Crippen molar-refractivity contribution in [3.63, 3.8) is 0 Å². The molecule has 0 unspecified atom stereocenters. The lowest BCUT2D eigenvalue weighted by Crippen LogP contribution is -2.21. The van der Waals surface area contributed by atoms with Crippen molar-refractivity contribution < 1.29 is 14.7 Å². The average Bonchev–Trinajstić information content (AvgIpc) is 1.96. The highest BCUT2D eigenvalue weighted by Gasteiger charge is 2.16. The molecule has 0 bridgehead atoms. The fraction of sp³-hybridized carbons (Fsp3) is 0. The monoisotopic (exact) mass is 372 g/mol. The Balaban J connectivity index is 3.06. The fourth-order valence-corrected chi connectivity index (χ4v) is 3.19. The summed E-state index contributed by atoms with van der Waals surface area (Å²) >= 11 is 9.71.